The Morgan fingerprint density at radius 2 is 1.95 bits per heavy atom. The van der Waals surface area contributed by atoms with E-state index in [2.05, 4.69) is 30.9 Å². The Morgan fingerprint density at radius 1 is 1.21 bits per heavy atom. The van der Waals surface area contributed by atoms with E-state index in [1.807, 2.05) is 18.2 Å². The largest absolute Gasteiger partial charge is 0.389 e. The SMILES string of the molecule is CCCCOCC(O)CN(CC)Cc1ccccc1. The Bertz CT molecular complexity index is 316. The molecule has 0 amide bonds. The van der Waals surface area contributed by atoms with Gasteiger partial charge in [-0.05, 0) is 18.5 Å². The summed E-state index contributed by atoms with van der Waals surface area (Å²) < 4.78 is 5.45. The molecule has 108 valence electrons. The summed E-state index contributed by atoms with van der Waals surface area (Å²) in [6.07, 6.45) is 1.79. The highest BCUT2D eigenvalue weighted by Gasteiger charge is 2.10. The zero-order valence-electron chi connectivity index (χ0n) is 12.2. The Labute approximate surface area is 117 Å². The highest BCUT2D eigenvalue weighted by molar-refractivity contribution is 5.14. The number of ether oxygens (including phenoxy) is 1. The van der Waals surface area contributed by atoms with Crippen LogP contribution in [-0.4, -0.2) is 42.4 Å². The summed E-state index contributed by atoms with van der Waals surface area (Å²) in [5, 5.41) is 9.96. The maximum atomic E-state index is 9.96. The van der Waals surface area contributed by atoms with Crippen molar-refractivity contribution in [2.45, 2.75) is 39.3 Å². The number of hydrogen-bond donors (Lipinski definition) is 1. The Kier molecular flexibility index (Phi) is 8.47. The summed E-state index contributed by atoms with van der Waals surface area (Å²) in [5.41, 5.74) is 1.28. The van der Waals surface area contributed by atoms with E-state index < -0.39 is 6.10 Å². The van der Waals surface area contributed by atoms with Crippen molar-refractivity contribution in [3.05, 3.63) is 35.9 Å². The van der Waals surface area contributed by atoms with Crippen LogP contribution in [0.2, 0.25) is 0 Å². The van der Waals surface area contributed by atoms with Crippen LogP contribution in [0.4, 0.5) is 0 Å². The minimum Gasteiger partial charge on any atom is -0.389 e. The highest BCUT2D eigenvalue weighted by Crippen LogP contribution is 2.05. The first kappa shape index (κ1) is 16.2. The third-order valence-corrected chi connectivity index (χ3v) is 3.12. The molecular weight excluding hydrogens is 238 g/mol. The van der Waals surface area contributed by atoms with Gasteiger partial charge in [-0.3, -0.25) is 4.90 Å². The van der Waals surface area contributed by atoms with Crippen LogP contribution >= 0.6 is 0 Å². The van der Waals surface area contributed by atoms with Gasteiger partial charge >= 0.3 is 0 Å². The molecule has 0 aliphatic heterocycles. The number of rotatable bonds is 10. The van der Waals surface area contributed by atoms with Crippen molar-refractivity contribution in [3.63, 3.8) is 0 Å². The van der Waals surface area contributed by atoms with E-state index in [-0.39, 0.29) is 0 Å². The van der Waals surface area contributed by atoms with Crippen LogP contribution in [0.1, 0.15) is 32.3 Å². The van der Waals surface area contributed by atoms with E-state index in [0.717, 1.165) is 32.5 Å². The molecule has 1 aromatic carbocycles. The molecule has 1 rings (SSSR count). The molecule has 3 nitrogen and oxygen atoms in total. The van der Waals surface area contributed by atoms with Crippen LogP contribution in [0.5, 0.6) is 0 Å². The lowest BCUT2D eigenvalue weighted by molar-refractivity contribution is 0.0153. The second kappa shape index (κ2) is 9.96. The van der Waals surface area contributed by atoms with Gasteiger partial charge in [0, 0.05) is 19.7 Å². The molecular formula is C16H27NO2. The molecule has 0 bridgehead atoms. The minimum absolute atomic E-state index is 0.402. The second-order valence-corrected chi connectivity index (χ2v) is 4.90. The molecule has 19 heavy (non-hydrogen) atoms. The van der Waals surface area contributed by atoms with E-state index in [4.69, 9.17) is 4.74 Å². The fourth-order valence-corrected chi connectivity index (χ4v) is 1.96. The summed E-state index contributed by atoms with van der Waals surface area (Å²) in [5.74, 6) is 0. The predicted molar refractivity (Wildman–Crippen MR) is 79.1 cm³/mol. The average Bonchev–Trinajstić information content (AvgIpc) is 2.44. The number of unbranched alkanes of at least 4 members (excludes halogenated alkanes) is 1. The third-order valence-electron chi connectivity index (χ3n) is 3.12. The Balaban J connectivity index is 2.27. The molecule has 0 aliphatic carbocycles. The molecule has 0 radical (unpaired) electrons. The lowest BCUT2D eigenvalue weighted by Gasteiger charge is -2.23. The van der Waals surface area contributed by atoms with Gasteiger partial charge in [-0.1, -0.05) is 50.6 Å². The standard InChI is InChI=1S/C16H27NO2/c1-3-5-11-19-14-16(18)13-17(4-2)12-15-9-7-6-8-10-15/h6-10,16,18H,3-5,11-14H2,1-2H3. The predicted octanol–water partition coefficient (Wildman–Crippen LogP) is 2.69. The third kappa shape index (κ3) is 7.31. The van der Waals surface area contributed by atoms with Crippen LogP contribution in [0, 0.1) is 0 Å². The normalized spacial score (nSPS) is 12.8. The van der Waals surface area contributed by atoms with Crippen molar-refractivity contribution >= 4 is 0 Å². The van der Waals surface area contributed by atoms with Crippen molar-refractivity contribution in [1.82, 2.24) is 4.90 Å². The highest BCUT2D eigenvalue weighted by atomic mass is 16.5. The molecule has 0 heterocycles. The Hall–Kier alpha value is -0.900. The molecule has 0 fully saturated rings. The van der Waals surface area contributed by atoms with Crippen molar-refractivity contribution in [2.24, 2.45) is 0 Å². The minimum atomic E-state index is -0.402. The van der Waals surface area contributed by atoms with Gasteiger partial charge in [0.2, 0.25) is 0 Å². The van der Waals surface area contributed by atoms with E-state index in [0.29, 0.717) is 13.2 Å². The zero-order valence-corrected chi connectivity index (χ0v) is 12.2. The van der Waals surface area contributed by atoms with Crippen LogP contribution in [0.15, 0.2) is 30.3 Å². The first-order valence-corrected chi connectivity index (χ1v) is 7.28. The van der Waals surface area contributed by atoms with Crippen molar-refractivity contribution in [3.8, 4) is 0 Å². The van der Waals surface area contributed by atoms with Gasteiger partial charge in [0.05, 0.1) is 12.7 Å². The molecule has 0 spiro atoms. The van der Waals surface area contributed by atoms with Crippen LogP contribution in [0.3, 0.4) is 0 Å². The molecule has 1 aromatic rings. The van der Waals surface area contributed by atoms with E-state index in [9.17, 15) is 5.11 Å². The topological polar surface area (TPSA) is 32.7 Å². The zero-order chi connectivity index (χ0) is 13.9. The fourth-order valence-electron chi connectivity index (χ4n) is 1.96. The van der Waals surface area contributed by atoms with Gasteiger partial charge in [-0.15, -0.1) is 0 Å². The van der Waals surface area contributed by atoms with E-state index >= 15 is 0 Å². The average molecular weight is 265 g/mol. The number of nitrogens with zero attached hydrogens (tertiary/aromatic N) is 1. The summed E-state index contributed by atoms with van der Waals surface area (Å²) in [7, 11) is 0. The lowest BCUT2D eigenvalue weighted by atomic mass is 10.2. The Morgan fingerprint density at radius 3 is 2.58 bits per heavy atom. The van der Waals surface area contributed by atoms with Gasteiger partial charge < -0.3 is 9.84 Å². The summed E-state index contributed by atoms with van der Waals surface area (Å²) in [4.78, 5) is 2.24. The van der Waals surface area contributed by atoms with Crippen molar-refractivity contribution in [2.75, 3.05) is 26.3 Å². The van der Waals surface area contributed by atoms with Gasteiger partial charge in [-0.2, -0.15) is 0 Å². The lowest BCUT2D eigenvalue weighted by Crippen LogP contribution is -2.34. The van der Waals surface area contributed by atoms with Gasteiger partial charge in [0.15, 0.2) is 0 Å². The van der Waals surface area contributed by atoms with E-state index in [1.165, 1.54) is 5.56 Å². The van der Waals surface area contributed by atoms with Crippen molar-refractivity contribution in [1.29, 1.82) is 0 Å². The van der Waals surface area contributed by atoms with Gasteiger partial charge in [-0.25, -0.2) is 0 Å². The molecule has 0 saturated heterocycles. The van der Waals surface area contributed by atoms with Gasteiger partial charge in [0.1, 0.15) is 0 Å². The van der Waals surface area contributed by atoms with Crippen molar-refractivity contribution < 1.29 is 9.84 Å². The molecule has 0 saturated carbocycles. The molecule has 3 heteroatoms. The smallest absolute Gasteiger partial charge is 0.0900 e. The molecule has 0 aromatic heterocycles. The monoisotopic (exact) mass is 265 g/mol. The first-order chi connectivity index (χ1) is 9.26. The molecule has 0 aliphatic rings. The fraction of sp³-hybridized carbons (Fsp3) is 0.625. The number of aliphatic hydroxyl groups excluding tert-OH is 1. The number of hydrogen-bond acceptors (Lipinski definition) is 3. The number of likely N-dealkylation sites (N-methyl/N-ethyl adjacent to an activating group) is 1. The summed E-state index contributed by atoms with van der Waals surface area (Å²) in [6.45, 7) is 7.91. The van der Waals surface area contributed by atoms with Crippen LogP contribution < -0.4 is 0 Å². The molecule has 1 N–H and O–H groups in total. The number of benzene rings is 1. The maximum Gasteiger partial charge on any atom is 0.0900 e. The van der Waals surface area contributed by atoms with Crippen LogP contribution in [0.25, 0.3) is 0 Å². The van der Waals surface area contributed by atoms with Crippen LogP contribution in [-0.2, 0) is 11.3 Å². The molecule has 1 atom stereocenters. The van der Waals surface area contributed by atoms with Gasteiger partial charge in [0.25, 0.3) is 0 Å². The quantitative estimate of drug-likeness (QED) is 0.660. The summed E-state index contributed by atoms with van der Waals surface area (Å²) >= 11 is 0. The van der Waals surface area contributed by atoms with E-state index in [1.54, 1.807) is 0 Å². The molecule has 1 unspecified atom stereocenters. The first-order valence-electron chi connectivity index (χ1n) is 7.28. The second-order valence-electron chi connectivity index (χ2n) is 4.90. The number of aliphatic hydroxyl groups is 1. The maximum absolute atomic E-state index is 9.96. The summed E-state index contributed by atoms with van der Waals surface area (Å²) in [6, 6.07) is 10.4.